The van der Waals surface area contributed by atoms with Crippen molar-refractivity contribution in [3.63, 3.8) is 0 Å². The van der Waals surface area contributed by atoms with Crippen LogP contribution in [0.4, 0.5) is 14.9 Å². The van der Waals surface area contributed by atoms with Gasteiger partial charge in [-0.1, -0.05) is 29.4 Å². The van der Waals surface area contributed by atoms with Crippen LogP contribution in [0.2, 0.25) is 0 Å². The van der Waals surface area contributed by atoms with Gasteiger partial charge >= 0.3 is 6.09 Å². The lowest BCUT2D eigenvalue weighted by atomic mass is 10.0. The molecule has 8 nitrogen and oxygen atoms in total. The van der Waals surface area contributed by atoms with Crippen molar-refractivity contribution in [1.82, 2.24) is 15.5 Å². The van der Waals surface area contributed by atoms with E-state index >= 15 is 0 Å². The molecule has 2 aromatic carbocycles. The van der Waals surface area contributed by atoms with Crippen molar-refractivity contribution in [3.8, 4) is 11.1 Å². The van der Waals surface area contributed by atoms with Crippen LogP contribution in [0.3, 0.4) is 0 Å². The Morgan fingerprint density at radius 1 is 1.26 bits per heavy atom. The van der Waals surface area contributed by atoms with E-state index in [-0.39, 0.29) is 19.0 Å². The van der Waals surface area contributed by atoms with Crippen molar-refractivity contribution in [2.45, 2.75) is 26.4 Å². The first kappa shape index (κ1) is 20.5. The van der Waals surface area contributed by atoms with E-state index in [9.17, 15) is 14.0 Å². The largest absolute Gasteiger partial charge is 0.442 e. The summed E-state index contributed by atoms with van der Waals surface area (Å²) in [4.78, 5) is 28.7. The van der Waals surface area contributed by atoms with Crippen LogP contribution in [0.25, 0.3) is 11.1 Å². The molecule has 1 aliphatic heterocycles. The standard InChI is InChI=1S/C22H21FN4O4/c1-13(28)24-11-18-12-27(22(29)30-18)17-7-8-19(20(23)10-17)16-5-3-15(4-6-16)9-21-25-14(2)31-26-21/h3-8,10,18H,9,11-12H2,1-2H3,(H,24,28)/t18-/m0/s1. The highest BCUT2D eigenvalue weighted by Crippen LogP contribution is 2.29. The zero-order valence-corrected chi connectivity index (χ0v) is 17.1. The van der Waals surface area contributed by atoms with Gasteiger partial charge in [-0.05, 0) is 29.3 Å². The fourth-order valence-electron chi connectivity index (χ4n) is 3.40. The maximum absolute atomic E-state index is 14.8. The molecule has 1 fully saturated rings. The third kappa shape index (κ3) is 4.71. The Morgan fingerprint density at radius 3 is 2.68 bits per heavy atom. The lowest BCUT2D eigenvalue weighted by Crippen LogP contribution is -2.33. The molecule has 0 bridgehead atoms. The molecule has 9 heteroatoms. The lowest BCUT2D eigenvalue weighted by Gasteiger charge is -2.14. The molecule has 0 radical (unpaired) electrons. The summed E-state index contributed by atoms with van der Waals surface area (Å²) in [6.45, 7) is 3.58. The van der Waals surface area contributed by atoms with Gasteiger partial charge in [0.25, 0.3) is 0 Å². The molecule has 3 aromatic rings. The minimum atomic E-state index is -0.566. The normalized spacial score (nSPS) is 15.8. The minimum Gasteiger partial charge on any atom is -0.442 e. The number of nitrogens with one attached hydrogen (secondary N) is 1. The summed E-state index contributed by atoms with van der Waals surface area (Å²) in [5.41, 5.74) is 2.52. The predicted molar refractivity (Wildman–Crippen MR) is 110 cm³/mol. The van der Waals surface area contributed by atoms with Crippen molar-refractivity contribution in [3.05, 3.63) is 65.6 Å². The van der Waals surface area contributed by atoms with E-state index in [1.54, 1.807) is 19.1 Å². The third-order valence-electron chi connectivity index (χ3n) is 4.91. The molecule has 0 unspecified atom stereocenters. The molecular weight excluding hydrogens is 403 g/mol. The number of carbonyl (C=O) groups excluding carboxylic acids is 2. The zero-order chi connectivity index (χ0) is 22.0. The van der Waals surface area contributed by atoms with Crippen LogP contribution in [-0.2, 0) is 16.0 Å². The molecule has 1 aliphatic rings. The number of ether oxygens (including phenoxy) is 1. The number of hydrogen-bond acceptors (Lipinski definition) is 6. The number of hydrogen-bond donors (Lipinski definition) is 1. The number of aryl methyl sites for hydroxylation is 1. The third-order valence-corrected chi connectivity index (χ3v) is 4.91. The molecule has 1 N–H and O–H groups in total. The smallest absolute Gasteiger partial charge is 0.414 e. The number of amides is 2. The van der Waals surface area contributed by atoms with Gasteiger partial charge in [-0.2, -0.15) is 4.98 Å². The molecule has 31 heavy (non-hydrogen) atoms. The molecular formula is C22H21FN4O4. The monoisotopic (exact) mass is 424 g/mol. The number of carbonyl (C=O) groups is 2. The van der Waals surface area contributed by atoms with Gasteiger partial charge in [0.05, 0.1) is 18.8 Å². The number of aromatic nitrogens is 2. The Labute approximate surface area is 178 Å². The van der Waals surface area contributed by atoms with E-state index < -0.39 is 18.0 Å². The van der Waals surface area contributed by atoms with Crippen LogP contribution < -0.4 is 10.2 Å². The predicted octanol–water partition coefficient (Wildman–Crippen LogP) is 3.24. The Balaban J connectivity index is 1.46. The quantitative estimate of drug-likeness (QED) is 0.653. The van der Waals surface area contributed by atoms with Gasteiger partial charge in [0.15, 0.2) is 5.82 Å². The minimum absolute atomic E-state index is 0.205. The van der Waals surface area contributed by atoms with E-state index in [0.29, 0.717) is 35.0 Å². The van der Waals surface area contributed by atoms with Crippen LogP contribution in [-0.4, -0.2) is 41.3 Å². The van der Waals surface area contributed by atoms with Gasteiger partial charge in [0.2, 0.25) is 11.8 Å². The molecule has 4 rings (SSSR count). The van der Waals surface area contributed by atoms with E-state index in [1.807, 2.05) is 24.3 Å². The van der Waals surface area contributed by atoms with E-state index in [0.717, 1.165) is 5.56 Å². The van der Waals surface area contributed by atoms with Crippen LogP contribution in [0.1, 0.15) is 24.2 Å². The second-order valence-corrected chi connectivity index (χ2v) is 7.32. The second-order valence-electron chi connectivity index (χ2n) is 7.32. The van der Waals surface area contributed by atoms with Gasteiger partial charge in [0, 0.05) is 25.8 Å². The number of anilines is 1. The van der Waals surface area contributed by atoms with Crippen LogP contribution in [0.5, 0.6) is 0 Å². The fraction of sp³-hybridized carbons (Fsp3) is 0.273. The zero-order valence-electron chi connectivity index (χ0n) is 17.1. The maximum Gasteiger partial charge on any atom is 0.414 e. The molecule has 2 amide bonds. The molecule has 0 aliphatic carbocycles. The number of benzene rings is 2. The van der Waals surface area contributed by atoms with Crippen LogP contribution in [0.15, 0.2) is 47.0 Å². The number of halogens is 1. The van der Waals surface area contributed by atoms with Crippen molar-refractivity contribution in [2.24, 2.45) is 0 Å². The Morgan fingerprint density at radius 2 is 2.03 bits per heavy atom. The SMILES string of the molecule is CC(=O)NC[C@H]1CN(c2ccc(-c3ccc(Cc4noc(C)n4)cc3)c(F)c2)C(=O)O1. The highest BCUT2D eigenvalue weighted by atomic mass is 19.1. The van der Waals surface area contributed by atoms with Crippen molar-refractivity contribution < 1.29 is 23.2 Å². The molecule has 0 saturated carbocycles. The fourth-order valence-corrected chi connectivity index (χ4v) is 3.40. The van der Waals surface area contributed by atoms with E-state index in [2.05, 4.69) is 15.5 Å². The van der Waals surface area contributed by atoms with Crippen LogP contribution in [0, 0.1) is 12.7 Å². The van der Waals surface area contributed by atoms with Crippen molar-refractivity contribution in [1.29, 1.82) is 0 Å². The molecule has 0 spiro atoms. The molecule has 2 heterocycles. The average Bonchev–Trinajstić information content (AvgIpc) is 3.32. The van der Waals surface area contributed by atoms with Crippen molar-refractivity contribution >= 4 is 17.7 Å². The summed E-state index contributed by atoms with van der Waals surface area (Å²) in [6, 6.07) is 12.1. The summed E-state index contributed by atoms with van der Waals surface area (Å²) in [5.74, 6) is 0.452. The lowest BCUT2D eigenvalue weighted by molar-refractivity contribution is -0.119. The number of cyclic esters (lactones) is 1. The number of nitrogens with zero attached hydrogens (tertiary/aromatic N) is 3. The summed E-state index contributed by atoms with van der Waals surface area (Å²) in [6.07, 6.45) is -0.520. The van der Waals surface area contributed by atoms with E-state index in [4.69, 9.17) is 9.26 Å². The Hall–Kier alpha value is -3.75. The van der Waals surface area contributed by atoms with Crippen LogP contribution >= 0.6 is 0 Å². The molecule has 1 aromatic heterocycles. The first-order valence-electron chi connectivity index (χ1n) is 9.79. The first-order chi connectivity index (χ1) is 14.9. The van der Waals surface area contributed by atoms with E-state index in [1.165, 1.54) is 17.9 Å². The van der Waals surface area contributed by atoms with Crippen molar-refractivity contribution in [2.75, 3.05) is 18.0 Å². The summed E-state index contributed by atoms with van der Waals surface area (Å²) >= 11 is 0. The summed E-state index contributed by atoms with van der Waals surface area (Å²) < 4.78 is 25.1. The Bertz CT molecular complexity index is 1110. The maximum atomic E-state index is 14.8. The molecule has 1 saturated heterocycles. The van der Waals surface area contributed by atoms with Gasteiger partial charge < -0.3 is 14.6 Å². The summed E-state index contributed by atoms with van der Waals surface area (Å²) in [7, 11) is 0. The van der Waals surface area contributed by atoms with Gasteiger partial charge in [-0.25, -0.2) is 9.18 Å². The highest BCUT2D eigenvalue weighted by Gasteiger charge is 2.32. The molecule has 160 valence electrons. The van der Waals surface area contributed by atoms with Gasteiger partial charge in [0.1, 0.15) is 11.9 Å². The highest BCUT2D eigenvalue weighted by molar-refractivity contribution is 5.90. The first-order valence-corrected chi connectivity index (χ1v) is 9.79. The van der Waals surface area contributed by atoms with Gasteiger partial charge in [-0.15, -0.1) is 0 Å². The average molecular weight is 424 g/mol. The van der Waals surface area contributed by atoms with Gasteiger partial charge in [-0.3, -0.25) is 9.69 Å². The Kier molecular flexibility index (Phi) is 5.66. The second kappa shape index (κ2) is 8.55. The number of rotatable bonds is 6. The molecule has 1 atom stereocenters. The summed E-state index contributed by atoms with van der Waals surface area (Å²) in [5, 5.41) is 6.49. The topological polar surface area (TPSA) is 97.6 Å².